The lowest BCUT2D eigenvalue weighted by atomic mass is 9.90. The second kappa shape index (κ2) is 7.56. The van der Waals surface area contributed by atoms with Crippen molar-refractivity contribution in [1.29, 1.82) is 0 Å². The van der Waals surface area contributed by atoms with Crippen molar-refractivity contribution in [2.75, 3.05) is 26.0 Å². The van der Waals surface area contributed by atoms with Crippen LogP contribution < -0.4 is 20.5 Å². The second-order valence-electron chi connectivity index (χ2n) is 7.08. The highest BCUT2D eigenvalue weighted by atomic mass is 16.6. The molecule has 0 bridgehead atoms. The molecule has 1 unspecified atom stereocenters. The number of nitrogens with two attached hydrogens (primary N) is 1. The lowest BCUT2D eigenvalue weighted by molar-refractivity contribution is -0.113. The van der Waals surface area contributed by atoms with Crippen LogP contribution in [0.4, 0.5) is 5.69 Å². The van der Waals surface area contributed by atoms with Gasteiger partial charge in [-0.25, -0.2) is 0 Å². The van der Waals surface area contributed by atoms with Crippen LogP contribution in [0.1, 0.15) is 31.1 Å². The van der Waals surface area contributed by atoms with E-state index in [2.05, 4.69) is 19.2 Å². The smallest absolute Gasteiger partial charge is 0.142 e. The summed E-state index contributed by atoms with van der Waals surface area (Å²) in [6.07, 6.45) is 0.462. The van der Waals surface area contributed by atoms with Crippen molar-refractivity contribution < 1.29 is 14.2 Å². The average Bonchev–Trinajstić information content (AvgIpc) is 2.65. The Morgan fingerprint density at radius 2 is 2.00 bits per heavy atom. The van der Waals surface area contributed by atoms with Crippen LogP contribution in [0, 0.1) is 0 Å². The summed E-state index contributed by atoms with van der Waals surface area (Å²) >= 11 is 0. The van der Waals surface area contributed by atoms with Gasteiger partial charge in [0, 0.05) is 31.6 Å². The summed E-state index contributed by atoms with van der Waals surface area (Å²) in [6, 6.07) is 14.1. The zero-order valence-corrected chi connectivity index (χ0v) is 15.9. The molecule has 0 aliphatic carbocycles. The molecular weight excluding hydrogens is 328 g/mol. The Bertz CT molecular complexity index is 746. The minimum Gasteiger partial charge on any atom is -0.495 e. The van der Waals surface area contributed by atoms with Gasteiger partial charge in [-0.1, -0.05) is 30.3 Å². The van der Waals surface area contributed by atoms with Crippen molar-refractivity contribution in [2.45, 2.75) is 38.1 Å². The Morgan fingerprint density at radius 1 is 1.27 bits per heavy atom. The monoisotopic (exact) mass is 356 g/mol. The van der Waals surface area contributed by atoms with E-state index >= 15 is 0 Å². The summed E-state index contributed by atoms with van der Waals surface area (Å²) in [5.41, 5.74) is 8.60. The Labute approximate surface area is 155 Å². The first kappa shape index (κ1) is 18.5. The molecule has 0 radical (unpaired) electrons. The summed E-state index contributed by atoms with van der Waals surface area (Å²) in [5, 5.41) is 3.15. The van der Waals surface area contributed by atoms with E-state index < -0.39 is 5.60 Å². The maximum Gasteiger partial charge on any atom is 0.142 e. The number of hydrogen-bond donors (Lipinski definition) is 2. The third-order valence-electron chi connectivity index (χ3n) is 4.92. The van der Waals surface area contributed by atoms with Crippen molar-refractivity contribution in [1.82, 2.24) is 0 Å². The molecule has 2 aromatic rings. The van der Waals surface area contributed by atoms with Gasteiger partial charge in [0.2, 0.25) is 0 Å². The van der Waals surface area contributed by atoms with Gasteiger partial charge >= 0.3 is 0 Å². The number of ether oxygens (including phenoxy) is 3. The summed E-state index contributed by atoms with van der Waals surface area (Å²) < 4.78 is 18.2. The average molecular weight is 356 g/mol. The number of hydrogen-bond acceptors (Lipinski definition) is 5. The van der Waals surface area contributed by atoms with Crippen molar-refractivity contribution in [3.05, 3.63) is 53.6 Å². The van der Waals surface area contributed by atoms with Gasteiger partial charge in [0.25, 0.3) is 0 Å². The first-order valence-electron chi connectivity index (χ1n) is 8.96. The van der Waals surface area contributed by atoms with E-state index in [1.165, 1.54) is 0 Å². The first-order chi connectivity index (χ1) is 12.5. The zero-order valence-electron chi connectivity index (χ0n) is 15.9. The lowest BCUT2D eigenvalue weighted by Gasteiger charge is -2.41. The van der Waals surface area contributed by atoms with Gasteiger partial charge in [-0.15, -0.1) is 0 Å². The molecule has 3 rings (SSSR count). The summed E-state index contributed by atoms with van der Waals surface area (Å²) in [7, 11) is 3.54. The normalized spacial score (nSPS) is 19.2. The van der Waals surface area contributed by atoms with Crippen LogP contribution in [0.25, 0.3) is 0 Å². The van der Waals surface area contributed by atoms with E-state index in [1.807, 2.05) is 49.5 Å². The molecule has 0 saturated heterocycles. The molecule has 1 heterocycles. The lowest BCUT2D eigenvalue weighted by Crippen LogP contribution is -2.49. The Balaban J connectivity index is 1.87. The SMILES string of the molecule is CNc1cc2c(cc1OC)C[C@@H](OC(CN)c1ccccc1)C(C)(C)O2. The molecule has 0 aromatic heterocycles. The molecule has 0 fully saturated rings. The fourth-order valence-electron chi connectivity index (χ4n) is 3.36. The third kappa shape index (κ3) is 3.64. The summed E-state index contributed by atoms with van der Waals surface area (Å²) in [6.45, 7) is 4.54. The van der Waals surface area contributed by atoms with Gasteiger partial charge in [-0.05, 0) is 25.5 Å². The van der Waals surface area contributed by atoms with E-state index in [1.54, 1.807) is 7.11 Å². The molecule has 5 nitrogen and oxygen atoms in total. The summed E-state index contributed by atoms with van der Waals surface area (Å²) in [4.78, 5) is 0. The molecule has 0 amide bonds. The molecular formula is C21H28N2O3. The quantitative estimate of drug-likeness (QED) is 0.829. The number of nitrogens with one attached hydrogen (secondary N) is 1. The molecule has 5 heteroatoms. The first-order valence-corrected chi connectivity index (χ1v) is 8.96. The van der Waals surface area contributed by atoms with Crippen molar-refractivity contribution in [3.8, 4) is 11.5 Å². The van der Waals surface area contributed by atoms with E-state index in [0.29, 0.717) is 6.54 Å². The molecule has 2 aromatic carbocycles. The number of anilines is 1. The van der Waals surface area contributed by atoms with Crippen LogP contribution in [0.2, 0.25) is 0 Å². The molecule has 0 saturated carbocycles. The van der Waals surface area contributed by atoms with Gasteiger partial charge in [0.15, 0.2) is 0 Å². The Hall–Kier alpha value is -2.24. The molecule has 26 heavy (non-hydrogen) atoms. The number of methoxy groups -OCH3 is 1. The number of fused-ring (bicyclic) bond motifs is 1. The maximum absolute atomic E-state index is 6.42. The van der Waals surface area contributed by atoms with Crippen LogP contribution in [0.3, 0.4) is 0 Å². The van der Waals surface area contributed by atoms with Crippen LogP contribution in [0.5, 0.6) is 11.5 Å². The molecule has 140 valence electrons. The Morgan fingerprint density at radius 3 is 2.62 bits per heavy atom. The fourth-order valence-corrected chi connectivity index (χ4v) is 3.36. The highest BCUT2D eigenvalue weighted by Gasteiger charge is 2.39. The fraction of sp³-hybridized carbons (Fsp3) is 0.429. The van der Waals surface area contributed by atoms with Crippen LogP contribution in [0.15, 0.2) is 42.5 Å². The predicted octanol–water partition coefficient (Wildman–Crippen LogP) is 3.54. The molecule has 1 aliphatic rings. The minimum absolute atomic E-state index is 0.117. The van der Waals surface area contributed by atoms with Crippen LogP contribution in [-0.2, 0) is 11.2 Å². The predicted molar refractivity (Wildman–Crippen MR) is 104 cm³/mol. The number of rotatable bonds is 6. The molecule has 2 atom stereocenters. The number of benzene rings is 2. The van der Waals surface area contributed by atoms with E-state index in [0.717, 1.165) is 34.7 Å². The van der Waals surface area contributed by atoms with Gasteiger partial charge in [-0.3, -0.25) is 0 Å². The van der Waals surface area contributed by atoms with Crippen molar-refractivity contribution >= 4 is 5.69 Å². The summed E-state index contributed by atoms with van der Waals surface area (Å²) in [5.74, 6) is 1.66. The van der Waals surface area contributed by atoms with Gasteiger partial charge < -0.3 is 25.3 Å². The van der Waals surface area contributed by atoms with E-state index in [-0.39, 0.29) is 12.2 Å². The minimum atomic E-state index is -0.463. The second-order valence-corrected chi connectivity index (χ2v) is 7.08. The zero-order chi connectivity index (χ0) is 18.7. The Kier molecular flexibility index (Phi) is 5.39. The topological polar surface area (TPSA) is 65.7 Å². The van der Waals surface area contributed by atoms with Crippen LogP contribution >= 0.6 is 0 Å². The van der Waals surface area contributed by atoms with Gasteiger partial charge in [0.1, 0.15) is 23.2 Å². The highest BCUT2D eigenvalue weighted by molar-refractivity contribution is 5.62. The van der Waals surface area contributed by atoms with Crippen molar-refractivity contribution in [3.63, 3.8) is 0 Å². The van der Waals surface area contributed by atoms with Crippen molar-refractivity contribution in [2.24, 2.45) is 5.73 Å². The van der Waals surface area contributed by atoms with Crippen LogP contribution in [-0.4, -0.2) is 32.4 Å². The van der Waals surface area contributed by atoms with E-state index in [4.69, 9.17) is 19.9 Å². The van der Waals surface area contributed by atoms with E-state index in [9.17, 15) is 0 Å². The molecule has 1 aliphatic heterocycles. The standard InChI is InChI=1S/C21H28N2O3/c1-21(2)20(25-19(13-22)14-8-6-5-7-9-14)11-15-10-18(24-4)16(23-3)12-17(15)26-21/h5-10,12,19-20,23H,11,13,22H2,1-4H3/t19?,20-/m1/s1. The van der Waals surface area contributed by atoms with Gasteiger partial charge in [-0.2, -0.15) is 0 Å². The third-order valence-corrected chi connectivity index (χ3v) is 4.92. The maximum atomic E-state index is 6.42. The molecule has 3 N–H and O–H groups in total. The largest absolute Gasteiger partial charge is 0.495 e. The highest BCUT2D eigenvalue weighted by Crippen LogP contribution is 2.41. The van der Waals surface area contributed by atoms with Gasteiger partial charge in [0.05, 0.1) is 18.9 Å². The molecule has 0 spiro atoms.